The Balaban J connectivity index is 1.87. The number of nitrogens with two attached hydrogens (primary N) is 1. The first-order valence-corrected chi connectivity index (χ1v) is 5.99. The number of hydrogen-bond acceptors (Lipinski definition) is 3. The standard InChI is InChI=1S/C13H18N2O2/c14-13(16)7-8-17-12-4-2-1-3-11(12)15-9-10-5-6-10/h1-4,10,15H,5-9H2,(H2,14,16). The molecule has 0 bridgehead atoms. The molecule has 0 radical (unpaired) electrons. The molecule has 0 heterocycles. The smallest absolute Gasteiger partial charge is 0.220 e. The minimum atomic E-state index is -0.339. The van der Waals surface area contributed by atoms with Gasteiger partial charge in [0, 0.05) is 6.54 Å². The number of para-hydroxylation sites is 2. The fourth-order valence-corrected chi connectivity index (χ4v) is 1.58. The summed E-state index contributed by atoms with van der Waals surface area (Å²) in [5, 5.41) is 3.37. The summed E-state index contributed by atoms with van der Waals surface area (Å²) in [6, 6.07) is 7.77. The molecule has 1 fully saturated rings. The largest absolute Gasteiger partial charge is 0.491 e. The molecule has 0 atom stereocenters. The van der Waals surface area contributed by atoms with Gasteiger partial charge in [0.05, 0.1) is 18.7 Å². The number of primary amides is 1. The monoisotopic (exact) mass is 234 g/mol. The maximum Gasteiger partial charge on any atom is 0.220 e. The second-order valence-corrected chi connectivity index (χ2v) is 4.39. The van der Waals surface area contributed by atoms with Crippen molar-refractivity contribution < 1.29 is 9.53 Å². The van der Waals surface area contributed by atoms with E-state index in [-0.39, 0.29) is 12.3 Å². The molecule has 2 rings (SSSR count). The maximum atomic E-state index is 10.6. The third kappa shape index (κ3) is 3.98. The second-order valence-electron chi connectivity index (χ2n) is 4.39. The summed E-state index contributed by atoms with van der Waals surface area (Å²) >= 11 is 0. The van der Waals surface area contributed by atoms with Crippen LogP contribution in [0.2, 0.25) is 0 Å². The van der Waals surface area contributed by atoms with Gasteiger partial charge in [-0.05, 0) is 30.9 Å². The van der Waals surface area contributed by atoms with E-state index in [0.29, 0.717) is 6.61 Å². The lowest BCUT2D eigenvalue weighted by Crippen LogP contribution is -2.15. The van der Waals surface area contributed by atoms with E-state index >= 15 is 0 Å². The van der Waals surface area contributed by atoms with Crippen molar-refractivity contribution in [3.05, 3.63) is 24.3 Å². The van der Waals surface area contributed by atoms with Gasteiger partial charge in [-0.2, -0.15) is 0 Å². The van der Waals surface area contributed by atoms with E-state index < -0.39 is 0 Å². The van der Waals surface area contributed by atoms with Crippen LogP contribution in [0.1, 0.15) is 19.3 Å². The summed E-state index contributed by atoms with van der Waals surface area (Å²) in [5.74, 6) is 1.26. The Bertz CT molecular complexity index is 389. The van der Waals surface area contributed by atoms with Gasteiger partial charge in [-0.1, -0.05) is 12.1 Å². The van der Waals surface area contributed by atoms with Crippen LogP contribution in [0.5, 0.6) is 5.75 Å². The number of carbonyl (C=O) groups is 1. The number of benzene rings is 1. The van der Waals surface area contributed by atoms with Crippen molar-refractivity contribution in [3.63, 3.8) is 0 Å². The van der Waals surface area contributed by atoms with Crippen molar-refractivity contribution in [1.82, 2.24) is 0 Å². The zero-order valence-electron chi connectivity index (χ0n) is 9.82. The highest BCUT2D eigenvalue weighted by molar-refractivity contribution is 5.73. The Hall–Kier alpha value is -1.71. The van der Waals surface area contributed by atoms with Crippen LogP contribution >= 0.6 is 0 Å². The van der Waals surface area contributed by atoms with E-state index in [2.05, 4.69) is 5.32 Å². The van der Waals surface area contributed by atoms with Gasteiger partial charge in [-0.25, -0.2) is 0 Å². The van der Waals surface area contributed by atoms with Crippen LogP contribution in [0.25, 0.3) is 0 Å². The van der Waals surface area contributed by atoms with Gasteiger partial charge in [-0.15, -0.1) is 0 Å². The third-order valence-corrected chi connectivity index (χ3v) is 2.77. The molecule has 1 saturated carbocycles. The summed E-state index contributed by atoms with van der Waals surface area (Å²) < 4.78 is 5.54. The molecule has 0 aliphatic heterocycles. The predicted octanol–water partition coefficient (Wildman–Crippen LogP) is 1.76. The quantitative estimate of drug-likeness (QED) is 0.755. The van der Waals surface area contributed by atoms with E-state index in [1.54, 1.807) is 0 Å². The molecule has 17 heavy (non-hydrogen) atoms. The number of ether oxygens (including phenoxy) is 1. The zero-order valence-corrected chi connectivity index (χ0v) is 9.82. The number of rotatable bonds is 7. The van der Waals surface area contributed by atoms with Gasteiger partial charge in [0.15, 0.2) is 0 Å². The Labute approximate surface area is 101 Å². The van der Waals surface area contributed by atoms with Crippen molar-refractivity contribution in [1.29, 1.82) is 0 Å². The van der Waals surface area contributed by atoms with Crippen molar-refractivity contribution in [2.24, 2.45) is 11.7 Å². The minimum Gasteiger partial charge on any atom is -0.491 e. The first kappa shape index (κ1) is 11.8. The lowest BCUT2D eigenvalue weighted by atomic mass is 10.3. The topological polar surface area (TPSA) is 64.4 Å². The van der Waals surface area contributed by atoms with Gasteiger partial charge in [0.25, 0.3) is 0 Å². The SMILES string of the molecule is NC(=O)CCOc1ccccc1NCC1CC1. The second kappa shape index (κ2) is 5.57. The van der Waals surface area contributed by atoms with Gasteiger partial charge < -0.3 is 15.8 Å². The molecule has 1 aliphatic carbocycles. The molecule has 1 aromatic carbocycles. The highest BCUT2D eigenvalue weighted by atomic mass is 16.5. The average molecular weight is 234 g/mol. The molecule has 1 aromatic rings. The lowest BCUT2D eigenvalue weighted by molar-refractivity contribution is -0.118. The molecule has 0 aromatic heterocycles. The van der Waals surface area contributed by atoms with Crippen LogP contribution in [-0.4, -0.2) is 19.1 Å². The average Bonchev–Trinajstić information content (AvgIpc) is 3.11. The van der Waals surface area contributed by atoms with Gasteiger partial charge in [0.1, 0.15) is 5.75 Å². The van der Waals surface area contributed by atoms with E-state index in [0.717, 1.165) is 23.9 Å². The minimum absolute atomic E-state index is 0.247. The first-order chi connectivity index (χ1) is 8.25. The normalized spacial score (nSPS) is 14.4. The molecule has 1 amide bonds. The van der Waals surface area contributed by atoms with E-state index in [1.165, 1.54) is 12.8 Å². The Morgan fingerprint density at radius 3 is 2.88 bits per heavy atom. The molecule has 0 unspecified atom stereocenters. The molecule has 4 heteroatoms. The van der Waals surface area contributed by atoms with E-state index in [9.17, 15) is 4.79 Å². The lowest BCUT2D eigenvalue weighted by Gasteiger charge is -2.12. The van der Waals surface area contributed by atoms with Crippen molar-refractivity contribution >= 4 is 11.6 Å². The summed E-state index contributed by atoms with van der Waals surface area (Å²) in [7, 11) is 0. The Kier molecular flexibility index (Phi) is 3.85. The molecule has 92 valence electrons. The van der Waals surface area contributed by atoms with Crippen molar-refractivity contribution in [2.75, 3.05) is 18.5 Å². The summed E-state index contributed by atoms with van der Waals surface area (Å²) in [6.07, 6.45) is 2.88. The van der Waals surface area contributed by atoms with Crippen LogP contribution in [0.4, 0.5) is 5.69 Å². The number of carbonyl (C=O) groups excluding carboxylic acids is 1. The van der Waals surface area contributed by atoms with Crippen LogP contribution in [0.15, 0.2) is 24.3 Å². The highest BCUT2D eigenvalue weighted by Crippen LogP contribution is 2.31. The van der Waals surface area contributed by atoms with Crippen LogP contribution in [0, 0.1) is 5.92 Å². The fourth-order valence-electron chi connectivity index (χ4n) is 1.58. The zero-order chi connectivity index (χ0) is 12.1. The first-order valence-electron chi connectivity index (χ1n) is 5.99. The molecule has 0 saturated heterocycles. The van der Waals surface area contributed by atoms with Crippen LogP contribution in [-0.2, 0) is 4.79 Å². The summed E-state index contributed by atoms with van der Waals surface area (Å²) in [5.41, 5.74) is 6.06. The van der Waals surface area contributed by atoms with Gasteiger partial charge in [0.2, 0.25) is 5.91 Å². The predicted molar refractivity (Wildman–Crippen MR) is 67.0 cm³/mol. The molecular weight excluding hydrogens is 216 g/mol. The van der Waals surface area contributed by atoms with Crippen LogP contribution in [0.3, 0.4) is 0 Å². The van der Waals surface area contributed by atoms with Gasteiger partial charge >= 0.3 is 0 Å². The number of amides is 1. The highest BCUT2D eigenvalue weighted by Gasteiger charge is 2.20. The summed E-state index contributed by atoms with van der Waals surface area (Å²) in [6.45, 7) is 1.33. The van der Waals surface area contributed by atoms with Gasteiger partial charge in [-0.3, -0.25) is 4.79 Å². The van der Waals surface area contributed by atoms with E-state index in [4.69, 9.17) is 10.5 Å². The Morgan fingerprint density at radius 1 is 1.41 bits per heavy atom. The molecule has 1 aliphatic rings. The number of anilines is 1. The molecule has 0 spiro atoms. The van der Waals surface area contributed by atoms with E-state index in [1.807, 2.05) is 24.3 Å². The summed E-state index contributed by atoms with van der Waals surface area (Å²) in [4.78, 5) is 10.6. The number of nitrogens with one attached hydrogen (secondary N) is 1. The van der Waals surface area contributed by atoms with Crippen molar-refractivity contribution in [3.8, 4) is 5.75 Å². The molecule has 4 nitrogen and oxygen atoms in total. The third-order valence-electron chi connectivity index (χ3n) is 2.77. The molecular formula is C13H18N2O2. The van der Waals surface area contributed by atoms with Crippen molar-refractivity contribution in [2.45, 2.75) is 19.3 Å². The number of hydrogen-bond donors (Lipinski definition) is 2. The maximum absolute atomic E-state index is 10.6. The fraction of sp³-hybridized carbons (Fsp3) is 0.462. The van der Waals surface area contributed by atoms with Crippen LogP contribution < -0.4 is 15.8 Å². The molecule has 3 N–H and O–H groups in total. The Morgan fingerprint density at radius 2 is 2.18 bits per heavy atom.